The molecule has 0 atom stereocenters. The number of unbranched alkanes of at least 4 members (excludes halogenated alkanes) is 11. The SMILES string of the molecule is CCCCCCCCCCCCCCOc1c(C(C)=O)cccc1C(=O)Nc1cccc(C[n+]2csc(C)c2)c1. The van der Waals surface area contributed by atoms with Gasteiger partial charge in [0.1, 0.15) is 5.75 Å². The Labute approximate surface area is 245 Å². The largest absolute Gasteiger partial charge is 0.492 e. The standard InChI is InChI=1S/C34H46N2O3S/c1-4-5-6-7-8-9-10-11-12-13-14-15-22-39-33-31(28(3)37)20-17-21-32(33)34(38)35-30-19-16-18-29(23-30)25-36-24-27(2)40-26-36/h16-21,23-24,26H,4-15,22,25H2,1-3H3/p+1. The fourth-order valence-electron chi connectivity index (χ4n) is 4.95. The molecule has 0 unspecified atom stereocenters. The molecule has 1 heterocycles. The van der Waals surface area contributed by atoms with Crippen LogP contribution in [-0.4, -0.2) is 18.3 Å². The minimum Gasteiger partial charge on any atom is -0.492 e. The van der Waals surface area contributed by atoms with E-state index in [1.54, 1.807) is 29.5 Å². The van der Waals surface area contributed by atoms with Crippen LogP contribution in [0.3, 0.4) is 0 Å². The van der Waals surface area contributed by atoms with Crippen LogP contribution in [0.2, 0.25) is 0 Å². The number of hydrogen-bond donors (Lipinski definition) is 1. The fourth-order valence-corrected chi connectivity index (χ4v) is 5.58. The first-order valence-corrected chi connectivity index (χ1v) is 16.0. The number of thiazole rings is 1. The second-order valence-electron chi connectivity index (χ2n) is 10.8. The maximum atomic E-state index is 13.3. The van der Waals surface area contributed by atoms with Crippen LogP contribution in [0.15, 0.2) is 54.2 Å². The predicted molar refractivity (Wildman–Crippen MR) is 166 cm³/mol. The van der Waals surface area contributed by atoms with Crippen molar-refractivity contribution in [1.29, 1.82) is 0 Å². The molecule has 3 aromatic rings. The third-order valence-corrected chi connectivity index (χ3v) is 8.01. The number of carbonyl (C=O) groups excluding carboxylic acids is 2. The van der Waals surface area contributed by atoms with E-state index < -0.39 is 0 Å². The molecular weight excluding hydrogens is 516 g/mol. The molecule has 0 fully saturated rings. The molecule has 3 rings (SSSR count). The van der Waals surface area contributed by atoms with E-state index in [1.807, 2.05) is 18.2 Å². The van der Waals surface area contributed by atoms with E-state index in [0.29, 0.717) is 23.5 Å². The number of aromatic nitrogens is 1. The molecule has 1 amide bonds. The number of amides is 1. The molecule has 6 heteroatoms. The summed E-state index contributed by atoms with van der Waals surface area (Å²) in [7, 11) is 0. The van der Waals surface area contributed by atoms with Gasteiger partial charge in [0.05, 0.1) is 22.6 Å². The lowest BCUT2D eigenvalue weighted by molar-refractivity contribution is -0.683. The van der Waals surface area contributed by atoms with Gasteiger partial charge in [0.2, 0.25) is 5.51 Å². The lowest BCUT2D eigenvalue weighted by Crippen LogP contribution is -2.30. The molecule has 0 saturated carbocycles. The number of para-hydroxylation sites is 1. The summed E-state index contributed by atoms with van der Waals surface area (Å²) in [6.45, 7) is 7.10. The van der Waals surface area contributed by atoms with Crippen molar-refractivity contribution < 1.29 is 18.9 Å². The first-order valence-electron chi connectivity index (χ1n) is 15.1. The van der Waals surface area contributed by atoms with Crippen molar-refractivity contribution in [3.63, 3.8) is 0 Å². The van der Waals surface area contributed by atoms with Gasteiger partial charge in [0.25, 0.3) is 5.91 Å². The third-order valence-electron chi connectivity index (χ3n) is 7.15. The second kappa shape index (κ2) is 17.6. The minimum absolute atomic E-state index is 0.107. The highest BCUT2D eigenvalue weighted by Gasteiger charge is 2.19. The van der Waals surface area contributed by atoms with Gasteiger partial charge < -0.3 is 10.1 Å². The van der Waals surface area contributed by atoms with Crippen molar-refractivity contribution in [2.24, 2.45) is 0 Å². The molecule has 1 N–H and O–H groups in total. The van der Waals surface area contributed by atoms with Gasteiger partial charge in [-0.1, -0.05) is 107 Å². The number of anilines is 1. The average molecular weight is 564 g/mol. The highest BCUT2D eigenvalue weighted by molar-refractivity contribution is 7.09. The van der Waals surface area contributed by atoms with Gasteiger partial charge in [-0.15, -0.1) is 0 Å². The van der Waals surface area contributed by atoms with Gasteiger partial charge in [-0.2, -0.15) is 4.57 Å². The summed E-state index contributed by atoms with van der Waals surface area (Å²) < 4.78 is 8.24. The molecule has 0 aliphatic rings. The predicted octanol–water partition coefficient (Wildman–Crippen LogP) is 8.93. The average Bonchev–Trinajstić information content (AvgIpc) is 3.35. The topological polar surface area (TPSA) is 59.3 Å². The van der Waals surface area contributed by atoms with Crippen LogP contribution >= 0.6 is 11.3 Å². The van der Waals surface area contributed by atoms with Crippen LogP contribution in [0.25, 0.3) is 0 Å². The van der Waals surface area contributed by atoms with Crippen LogP contribution in [0, 0.1) is 6.92 Å². The van der Waals surface area contributed by atoms with Gasteiger partial charge in [-0.05, 0) is 44.5 Å². The van der Waals surface area contributed by atoms with E-state index in [1.165, 1.54) is 76.0 Å². The number of aryl methyl sites for hydroxylation is 1. The number of nitrogens with zero attached hydrogens (tertiary/aromatic N) is 1. The zero-order chi connectivity index (χ0) is 28.6. The van der Waals surface area contributed by atoms with E-state index in [2.05, 4.69) is 41.5 Å². The van der Waals surface area contributed by atoms with Gasteiger partial charge in [0.15, 0.2) is 18.5 Å². The number of ketones is 1. The Morgan fingerprint density at radius 3 is 2.10 bits per heavy atom. The summed E-state index contributed by atoms with van der Waals surface area (Å²) in [4.78, 5) is 26.9. The van der Waals surface area contributed by atoms with Crippen LogP contribution in [0.4, 0.5) is 5.69 Å². The molecule has 40 heavy (non-hydrogen) atoms. The van der Waals surface area contributed by atoms with Gasteiger partial charge in [-0.3, -0.25) is 9.59 Å². The van der Waals surface area contributed by atoms with E-state index in [-0.39, 0.29) is 11.7 Å². The molecule has 1 aromatic heterocycles. The number of ether oxygens (including phenoxy) is 1. The summed E-state index contributed by atoms with van der Waals surface area (Å²) in [5.74, 6) is 0.00410. The first kappa shape index (κ1) is 31.5. The molecule has 0 aliphatic carbocycles. The molecule has 0 radical (unpaired) electrons. The van der Waals surface area contributed by atoms with E-state index in [9.17, 15) is 9.59 Å². The van der Waals surface area contributed by atoms with Crippen molar-refractivity contribution in [2.75, 3.05) is 11.9 Å². The van der Waals surface area contributed by atoms with Crippen LogP contribution in [0.1, 0.15) is 122 Å². The lowest BCUT2D eigenvalue weighted by atomic mass is 10.0. The lowest BCUT2D eigenvalue weighted by Gasteiger charge is -2.15. The Bertz CT molecular complexity index is 1200. The number of carbonyl (C=O) groups is 2. The maximum absolute atomic E-state index is 13.3. The highest BCUT2D eigenvalue weighted by atomic mass is 32.1. The number of hydrogen-bond acceptors (Lipinski definition) is 4. The quantitative estimate of drug-likeness (QED) is 0.0900. The third kappa shape index (κ3) is 10.9. The highest BCUT2D eigenvalue weighted by Crippen LogP contribution is 2.27. The number of nitrogens with one attached hydrogen (secondary N) is 1. The van der Waals surface area contributed by atoms with Gasteiger partial charge in [0, 0.05) is 11.3 Å². The van der Waals surface area contributed by atoms with Crippen molar-refractivity contribution in [2.45, 2.75) is 104 Å². The summed E-state index contributed by atoms with van der Waals surface area (Å²) >= 11 is 1.71. The molecule has 0 saturated heterocycles. The van der Waals surface area contributed by atoms with E-state index in [4.69, 9.17) is 4.74 Å². The van der Waals surface area contributed by atoms with Gasteiger partial charge >= 0.3 is 0 Å². The monoisotopic (exact) mass is 563 g/mol. The Morgan fingerprint density at radius 2 is 1.48 bits per heavy atom. The number of benzene rings is 2. The Morgan fingerprint density at radius 1 is 0.850 bits per heavy atom. The summed E-state index contributed by atoms with van der Waals surface area (Å²) in [6.07, 6.45) is 17.4. The number of rotatable bonds is 19. The Hall–Kier alpha value is -2.99. The van der Waals surface area contributed by atoms with Crippen LogP contribution < -0.4 is 14.6 Å². The zero-order valence-corrected chi connectivity index (χ0v) is 25.5. The van der Waals surface area contributed by atoms with E-state index >= 15 is 0 Å². The zero-order valence-electron chi connectivity index (χ0n) is 24.7. The number of Topliss-reactive ketones (excluding diaryl/α,β-unsaturated/α-hetero) is 1. The van der Waals surface area contributed by atoms with Crippen molar-refractivity contribution in [3.8, 4) is 5.75 Å². The summed E-state index contributed by atoms with van der Waals surface area (Å²) in [5, 5.41) is 3.01. The summed E-state index contributed by atoms with van der Waals surface area (Å²) in [5.41, 5.74) is 4.75. The summed E-state index contributed by atoms with van der Waals surface area (Å²) in [6, 6.07) is 13.1. The molecule has 5 nitrogen and oxygen atoms in total. The first-order chi connectivity index (χ1) is 19.5. The van der Waals surface area contributed by atoms with Gasteiger partial charge in [-0.25, -0.2) is 0 Å². The molecule has 0 aliphatic heterocycles. The normalized spacial score (nSPS) is 11.0. The van der Waals surface area contributed by atoms with Crippen molar-refractivity contribution >= 4 is 28.7 Å². The van der Waals surface area contributed by atoms with Crippen LogP contribution in [-0.2, 0) is 6.54 Å². The van der Waals surface area contributed by atoms with E-state index in [0.717, 1.165) is 30.6 Å². The molecular formula is C34H47N2O3S+. The van der Waals surface area contributed by atoms with Crippen molar-refractivity contribution in [1.82, 2.24) is 0 Å². The van der Waals surface area contributed by atoms with Crippen molar-refractivity contribution in [3.05, 3.63) is 75.7 Å². The fraction of sp³-hybridized carbons (Fsp3) is 0.500. The van der Waals surface area contributed by atoms with Crippen LogP contribution in [0.5, 0.6) is 5.75 Å². The Balaban J connectivity index is 1.48. The molecule has 0 bridgehead atoms. The smallest absolute Gasteiger partial charge is 0.259 e. The molecule has 216 valence electrons. The second-order valence-corrected chi connectivity index (χ2v) is 11.9. The minimum atomic E-state index is -0.274. The molecule has 2 aromatic carbocycles. The maximum Gasteiger partial charge on any atom is 0.259 e. The Kier molecular flexibility index (Phi) is 13.9. The molecule has 0 spiro atoms.